The summed E-state index contributed by atoms with van der Waals surface area (Å²) in [7, 11) is 0. The zero-order valence-corrected chi connectivity index (χ0v) is 20.4. The number of aryl methyl sites for hydroxylation is 1. The van der Waals surface area contributed by atoms with E-state index in [0.29, 0.717) is 13.0 Å². The average molecular weight is 478 g/mol. The number of amides is 1. The van der Waals surface area contributed by atoms with Crippen LogP contribution in [0.1, 0.15) is 36.8 Å². The number of piperidine rings is 1. The largest absolute Gasteiger partial charge is 0.448 e. The number of unbranched alkanes of at least 4 members (excludes halogenated alkanes) is 1. The minimum absolute atomic E-state index is 0.176. The van der Waals surface area contributed by atoms with Crippen LogP contribution in [0.15, 0.2) is 65.4 Å². The van der Waals surface area contributed by atoms with Gasteiger partial charge < -0.3 is 9.84 Å². The van der Waals surface area contributed by atoms with E-state index in [1.807, 2.05) is 18.2 Å². The molecule has 0 bridgehead atoms. The van der Waals surface area contributed by atoms with Crippen molar-refractivity contribution in [2.45, 2.75) is 38.5 Å². The maximum atomic E-state index is 13.3. The molecule has 1 radical (unpaired) electrons. The number of para-hydroxylation sites is 1. The summed E-state index contributed by atoms with van der Waals surface area (Å²) in [5.41, 5.74) is 5.45. The summed E-state index contributed by atoms with van der Waals surface area (Å²) in [5.74, 6) is 0. The lowest BCUT2D eigenvalue weighted by Gasteiger charge is -2.37. The van der Waals surface area contributed by atoms with Crippen LogP contribution in [0.25, 0.3) is 11.1 Å². The van der Waals surface area contributed by atoms with Crippen LogP contribution < -0.4 is 5.01 Å². The Balaban J connectivity index is 1.37. The molecule has 1 amide bonds. The third-order valence-corrected chi connectivity index (χ3v) is 6.79. The topological polar surface area (TPSA) is 53.0 Å². The standard InChI is InChI=1S/C28H33N2O3S/c31-19-15-24-13-11-23(12-14-24)8-4-7-20-33-28(32)30(29-17-5-1-6-18-29)27-10-3-2-9-26(27)25-16-21-34-22-25/h1-3,9-14,16,21-22,31H,4-8,15,17-20H2. The normalized spacial score (nSPS) is 14.1. The van der Waals surface area contributed by atoms with Gasteiger partial charge in [-0.05, 0) is 84.5 Å². The summed E-state index contributed by atoms with van der Waals surface area (Å²) >= 11 is 1.65. The third-order valence-electron chi connectivity index (χ3n) is 6.11. The second-order valence-electron chi connectivity index (χ2n) is 8.52. The summed E-state index contributed by atoms with van der Waals surface area (Å²) in [6, 6.07) is 18.5. The molecule has 1 N–H and O–H groups in total. The molecule has 179 valence electrons. The van der Waals surface area contributed by atoms with Gasteiger partial charge in [-0.25, -0.2) is 14.8 Å². The zero-order chi connectivity index (χ0) is 23.6. The smallest absolute Gasteiger partial charge is 0.429 e. The number of nitrogens with zero attached hydrogens (tertiary/aromatic N) is 2. The Morgan fingerprint density at radius 3 is 2.41 bits per heavy atom. The van der Waals surface area contributed by atoms with E-state index in [9.17, 15) is 4.79 Å². The quantitative estimate of drug-likeness (QED) is 0.357. The molecule has 0 saturated carbocycles. The first-order valence-corrected chi connectivity index (χ1v) is 13.0. The van der Waals surface area contributed by atoms with Crippen LogP contribution >= 0.6 is 11.3 Å². The Morgan fingerprint density at radius 2 is 1.71 bits per heavy atom. The molecule has 2 aromatic carbocycles. The van der Waals surface area contributed by atoms with E-state index < -0.39 is 0 Å². The van der Waals surface area contributed by atoms with Gasteiger partial charge in [0.15, 0.2) is 0 Å². The number of ether oxygens (including phenoxy) is 1. The van der Waals surface area contributed by atoms with Crippen molar-refractivity contribution in [3.8, 4) is 11.1 Å². The Morgan fingerprint density at radius 1 is 0.971 bits per heavy atom. The molecule has 1 aromatic heterocycles. The van der Waals surface area contributed by atoms with Crippen molar-refractivity contribution in [2.24, 2.45) is 0 Å². The van der Waals surface area contributed by atoms with Crippen molar-refractivity contribution in [1.29, 1.82) is 0 Å². The molecule has 6 heteroatoms. The van der Waals surface area contributed by atoms with Gasteiger partial charge in [0.05, 0.1) is 12.3 Å². The number of carbonyl (C=O) groups excluding carboxylic acids is 1. The fraction of sp³-hybridized carbons (Fsp3) is 0.357. The predicted molar refractivity (Wildman–Crippen MR) is 139 cm³/mol. The molecule has 1 aliphatic heterocycles. The maximum Gasteiger partial charge on any atom is 0.429 e. The highest BCUT2D eigenvalue weighted by molar-refractivity contribution is 7.08. The molecule has 2 heterocycles. The van der Waals surface area contributed by atoms with E-state index >= 15 is 0 Å². The van der Waals surface area contributed by atoms with Gasteiger partial charge in [-0.15, -0.1) is 0 Å². The van der Waals surface area contributed by atoms with Crippen LogP contribution in [0.4, 0.5) is 10.5 Å². The summed E-state index contributed by atoms with van der Waals surface area (Å²) in [5, 5.41) is 17.1. The van der Waals surface area contributed by atoms with Gasteiger partial charge in [0, 0.05) is 25.3 Å². The van der Waals surface area contributed by atoms with Crippen LogP contribution in [0.3, 0.4) is 0 Å². The highest BCUT2D eigenvalue weighted by atomic mass is 32.1. The van der Waals surface area contributed by atoms with E-state index in [1.165, 1.54) is 5.56 Å². The van der Waals surface area contributed by atoms with Gasteiger partial charge in [0.1, 0.15) is 0 Å². The number of benzene rings is 2. The second kappa shape index (κ2) is 12.7. The molecule has 4 rings (SSSR count). The molecule has 5 nitrogen and oxygen atoms in total. The van der Waals surface area contributed by atoms with Crippen molar-refractivity contribution in [3.05, 3.63) is 82.9 Å². The summed E-state index contributed by atoms with van der Waals surface area (Å²) in [4.78, 5) is 13.3. The lowest BCUT2D eigenvalue weighted by atomic mass is 10.1. The molecule has 1 saturated heterocycles. The molecule has 0 spiro atoms. The van der Waals surface area contributed by atoms with E-state index in [1.54, 1.807) is 16.3 Å². The first kappa shape index (κ1) is 24.5. The number of thiophene rings is 1. The van der Waals surface area contributed by atoms with Gasteiger partial charge in [0.2, 0.25) is 0 Å². The number of anilines is 1. The van der Waals surface area contributed by atoms with Crippen LogP contribution in [0, 0.1) is 6.42 Å². The average Bonchev–Trinajstić information content (AvgIpc) is 3.41. The summed E-state index contributed by atoms with van der Waals surface area (Å²) in [6.07, 6.45) is 7.30. The van der Waals surface area contributed by atoms with Crippen molar-refractivity contribution < 1.29 is 14.6 Å². The Labute approximate surface area is 206 Å². The number of hydrazine groups is 1. The molecule has 34 heavy (non-hydrogen) atoms. The van der Waals surface area contributed by atoms with Crippen LogP contribution in [0.5, 0.6) is 0 Å². The number of rotatable bonds is 10. The Kier molecular flexibility index (Phi) is 9.13. The first-order chi connectivity index (χ1) is 16.8. The molecular formula is C28H33N2O3S. The summed E-state index contributed by atoms with van der Waals surface area (Å²) in [6.45, 7) is 2.19. The minimum atomic E-state index is -0.307. The van der Waals surface area contributed by atoms with Crippen molar-refractivity contribution >= 4 is 23.1 Å². The Bertz CT molecular complexity index is 1010. The lowest BCUT2D eigenvalue weighted by Crippen LogP contribution is -2.49. The van der Waals surface area contributed by atoms with Crippen molar-refractivity contribution in [3.63, 3.8) is 0 Å². The van der Waals surface area contributed by atoms with Gasteiger partial charge in [0.25, 0.3) is 0 Å². The van der Waals surface area contributed by atoms with E-state index in [-0.39, 0.29) is 12.7 Å². The first-order valence-electron chi connectivity index (χ1n) is 12.1. The predicted octanol–water partition coefficient (Wildman–Crippen LogP) is 6.13. The molecule has 0 atom stereocenters. The van der Waals surface area contributed by atoms with Crippen LogP contribution in [0.2, 0.25) is 0 Å². The molecule has 1 fully saturated rings. The Hall–Kier alpha value is -2.67. The van der Waals surface area contributed by atoms with Crippen LogP contribution in [-0.2, 0) is 17.6 Å². The number of aliphatic hydroxyl groups is 1. The van der Waals surface area contributed by atoms with E-state index in [4.69, 9.17) is 9.84 Å². The lowest BCUT2D eigenvalue weighted by molar-refractivity contribution is 0.124. The van der Waals surface area contributed by atoms with Gasteiger partial charge in [-0.3, -0.25) is 0 Å². The number of hydrogen-bond donors (Lipinski definition) is 1. The maximum absolute atomic E-state index is 13.3. The molecule has 0 aliphatic carbocycles. The third kappa shape index (κ3) is 6.47. The van der Waals surface area contributed by atoms with Gasteiger partial charge in [-0.1, -0.05) is 42.5 Å². The van der Waals surface area contributed by atoms with Gasteiger partial charge >= 0.3 is 6.09 Å². The minimum Gasteiger partial charge on any atom is -0.448 e. The zero-order valence-electron chi connectivity index (χ0n) is 19.6. The summed E-state index contributed by atoms with van der Waals surface area (Å²) < 4.78 is 5.78. The fourth-order valence-corrected chi connectivity index (χ4v) is 4.93. The second-order valence-corrected chi connectivity index (χ2v) is 9.30. The number of carbonyl (C=O) groups is 1. The molecule has 1 aliphatic rings. The van der Waals surface area contributed by atoms with Crippen molar-refractivity contribution in [1.82, 2.24) is 5.01 Å². The van der Waals surface area contributed by atoms with Crippen molar-refractivity contribution in [2.75, 3.05) is 31.3 Å². The monoisotopic (exact) mass is 477 g/mol. The molecule has 3 aromatic rings. The molecule has 0 unspecified atom stereocenters. The molecular weight excluding hydrogens is 444 g/mol. The SMILES string of the molecule is O=C(OCCCCc1ccc(CCO)cc1)N(c1ccccc1-c1ccsc1)N1CC[CH]CC1. The van der Waals surface area contributed by atoms with E-state index in [2.05, 4.69) is 58.6 Å². The van der Waals surface area contributed by atoms with Crippen LogP contribution in [-0.4, -0.2) is 42.5 Å². The van der Waals surface area contributed by atoms with E-state index in [0.717, 1.165) is 67.6 Å². The highest BCUT2D eigenvalue weighted by Gasteiger charge is 2.28. The highest BCUT2D eigenvalue weighted by Crippen LogP contribution is 2.34. The fourth-order valence-electron chi connectivity index (χ4n) is 4.28. The number of aliphatic hydroxyl groups excluding tert-OH is 1. The van der Waals surface area contributed by atoms with Gasteiger partial charge in [-0.2, -0.15) is 11.3 Å². The number of hydrogen-bond acceptors (Lipinski definition) is 5.